The third-order valence-corrected chi connectivity index (χ3v) is 6.89. The molecule has 2 N–H and O–H groups in total. The third kappa shape index (κ3) is 5.17. The molecule has 0 saturated heterocycles. The monoisotopic (exact) mass is 376 g/mol. The summed E-state index contributed by atoms with van der Waals surface area (Å²) in [4.78, 5) is 0.00569. The zero-order valence-electron chi connectivity index (χ0n) is 13.9. The molecule has 1 saturated carbocycles. The Kier molecular flexibility index (Phi) is 6.24. The third-order valence-electron chi connectivity index (χ3n) is 3.97. The standard InChI is InChI=1S/C15H24N2O5S2/c1-12-7-8-14(22-2)15(11-12)24(20,21)16-9-10-23(18,19)17-13-5-3-4-6-13/h7-8,11,13,16-17H,3-6,9-10H2,1-2H3. The Morgan fingerprint density at radius 2 is 1.83 bits per heavy atom. The summed E-state index contributed by atoms with van der Waals surface area (Å²) in [7, 11) is -5.96. The maximum absolute atomic E-state index is 12.4. The molecule has 136 valence electrons. The molecular formula is C15H24N2O5S2. The van der Waals surface area contributed by atoms with E-state index in [0.717, 1.165) is 31.2 Å². The number of benzene rings is 1. The second-order valence-electron chi connectivity index (χ2n) is 5.97. The first-order valence-electron chi connectivity index (χ1n) is 7.88. The van der Waals surface area contributed by atoms with Gasteiger partial charge in [0.05, 0.1) is 12.9 Å². The molecule has 1 aliphatic rings. The predicted octanol–water partition coefficient (Wildman–Crippen LogP) is 1.14. The van der Waals surface area contributed by atoms with Crippen LogP contribution in [-0.2, 0) is 20.0 Å². The van der Waals surface area contributed by atoms with Gasteiger partial charge in [-0.25, -0.2) is 26.3 Å². The van der Waals surface area contributed by atoms with Crippen LogP contribution in [0.2, 0.25) is 0 Å². The molecule has 0 heterocycles. The minimum Gasteiger partial charge on any atom is -0.495 e. The molecule has 1 fully saturated rings. The number of methoxy groups -OCH3 is 1. The maximum atomic E-state index is 12.4. The van der Waals surface area contributed by atoms with E-state index in [0.29, 0.717) is 0 Å². The minimum atomic E-state index is -3.84. The first kappa shape index (κ1) is 19.2. The smallest absolute Gasteiger partial charge is 0.244 e. The molecule has 0 spiro atoms. The van der Waals surface area contributed by atoms with E-state index in [2.05, 4.69) is 9.44 Å². The summed E-state index contributed by atoms with van der Waals surface area (Å²) < 4.78 is 58.8. The number of sulfonamides is 2. The Morgan fingerprint density at radius 3 is 2.46 bits per heavy atom. The first-order chi connectivity index (χ1) is 11.2. The molecule has 9 heteroatoms. The summed E-state index contributed by atoms with van der Waals surface area (Å²) in [6.45, 7) is 1.58. The Morgan fingerprint density at radius 1 is 1.17 bits per heavy atom. The van der Waals surface area contributed by atoms with Gasteiger partial charge in [-0.2, -0.15) is 0 Å². The summed E-state index contributed by atoms with van der Waals surface area (Å²) in [5.41, 5.74) is 0.770. The van der Waals surface area contributed by atoms with Crippen LogP contribution in [-0.4, -0.2) is 42.3 Å². The second-order valence-corrected chi connectivity index (χ2v) is 9.58. The van der Waals surface area contributed by atoms with Crippen molar-refractivity contribution in [1.82, 2.24) is 9.44 Å². The highest BCUT2D eigenvalue weighted by atomic mass is 32.2. The lowest BCUT2D eigenvalue weighted by molar-refractivity contribution is 0.402. The lowest BCUT2D eigenvalue weighted by Crippen LogP contribution is -2.38. The number of aryl methyl sites for hydroxylation is 1. The van der Waals surface area contributed by atoms with Gasteiger partial charge in [-0.1, -0.05) is 18.9 Å². The molecule has 1 aliphatic carbocycles. The van der Waals surface area contributed by atoms with Crippen molar-refractivity contribution in [3.05, 3.63) is 23.8 Å². The van der Waals surface area contributed by atoms with Gasteiger partial charge in [0, 0.05) is 12.6 Å². The van der Waals surface area contributed by atoms with Gasteiger partial charge < -0.3 is 4.74 Å². The highest BCUT2D eigenvalue weighted by Crippen LogP contribution is 2.24. The maximum Gasteiger partial charge on any atom is 0.244 e. The van der Waals surface area contributed by atoms with Gasteiger partial charge in [-0.15, -0.1) is 0 Å². The summed E-state index contributed by atoms with van der Waals surface area (Å²) >= 11 is 0. The van der Waals surface area contributed by atoms with Crippen molar-refractivity contribution in [3.63, 3.8) is 0 Å². The first-order valence-corrected chi connectivity index (χ1v) is 11.0. The normalized spacial score (nSPS) is 16.4. The molecule has 0 unspecified atom stereocenters. The topological polar surface area (TPSA) is 102 Å². The van der Waals surface area contributed by atoms with Crippen molar-refractivity contribution >= 4 is 20.0 Å². The highest BCUT2D eigenvalue weighted by Gasteiger charge is 2.23. The fraction of sp³-hybridized carbons (Fsp3) is 0.600. The Balaban J connectivity index is 1.99. The fourth-order valence-corrected chi connectivity index (χ4v) is 5.38. The van der Waals surface area contributed by atoms with Gasteiger partial charge in [-0.3, -0.25) is 0 Å². The van der Waals surface area contributed by atoms with Crippen molar-refractivity contribution < 1.29 is 21.6 Å². The molecule has 7 nitrogen and oxygen atoms in total. The van der Waals surface area contributed by atoms with Crippen LogP contribution < -0.4 is 14.2 Å². The molecule has 1 aromatic rings. The van der Waals surface area contributed by atoms with Crippen molar-refractivity contribution in [2.45, 2.75) is 43.5 Å². The van der Waals surface area contributed by atoms with Crippen LogP contribution in [0.3, 0.4) is 0 Å². The van der Waals surface area contributed by atoms with Crippen LogP contribution >= 0.6 is 0 Å². The van der Waals surface area contributed by atoms with Gasteiger partial charge >= 0.3 is 0 Å². The fourth-order valence-electron chi connectivity index (χ4n) is 2.74. The molecule has 0 aromatic heterocycles. The zero-order chi connectivity index (χ0) is 17.8. The minimum absolute atomic E-state index is 0.00569. The molecule has 0 radical (unpaired) electrons. The Bertz CT molecular complexity index is 769. The van der Waals surface area contributed by atoms with E-state index in [9.17, 15) is 16.8 Å². The van der Waals surface area contributed by atoms with Gasteiger partial charge in [0.25, 0.3) is 0 Å². The summed E-state index contributed by atoms with van der Waals surface area (Å²) in [6, 6.07) is 4.78. The highest BCUT2D eigenvalue weighted by molar-refractivity contribution is 7.90. The van der Waals surface area contributed by atoms with Crippen molar-refractivity contribution in [2.24, 2.45) is 0 Å². The molecule has 0 bridgehead atoms. The predicted molar refractivity (Wildman–Crippen MR) is 92.1 cm³/mol. The average molecular weight is 377 g/mol. The molecule has 0 aliphatic heterocycles. The molecule has 0 atom stereocenters. The number of nitrogens with one attached hydrogen (secondary N) is 2. The van der Waals surface area contributed by atoms with E-state index in [-0.39, 0.29) is 29.0 Å². The van der Waals surface area contributed by atoms with E-state index in [1.165, 1.54) is 13.2 Å². The number of rotatable bonds is 8. The van der Waals surface area contributed by atoms with Gasteiger partial charge in [0.1, 0.15) is 10.6 Å². The molecule has 0 amide bonds. The van der Waals surface area contributed by atoms with Gasteiger partial charge in [0.15, 0.2) is 0 Å². The quantitative estimate of drug-likeness (QED) is 0.708. The molecule has 1 aromatic carbocycles. The van der Waals surface area contributed by atoms with Crippen LogP contribution in [0, 0.1) is 6.92 Å². The number of hydrogen-bond acceptors (Lipinski definition) is 5. The van der Waals surface area contributed by atoms with Crippen LogP contribution in [0.15, 0.2) is 23.1 Å². The molecule has 2 rings (SSSR count). The summed E-state index contributed by atoms with van der Waals surface area (Å²) in [5, 5.41) is 0. The summed E-state index contributed by atoms with van der Waals surface area (Å²) in [6.07, 6.45) is 3.72. The largest absolute Gasteiger partial charge is 0.495 e. The van der Waals surface area contributed by atoms with E-state index >= 15 is 0 Å². The Hall–Kier alpha value is -1.16. The number of ether oxygens (including phenoxy) is 1. The van der Waals surface area contributed by atoms with Crippen molar-refractivity contribution in [2.75, 3.05) is 19.4 Å². The van der Waals surface area contributed by atoms with E-state index in [4.69, 9.17) is 4.74 Å². The zero-order valence-corrected chi connectivity index (χ0v) is 15.5. The molecule has 24 heavy (non-hydrogen) atoms. The summed E-state index contributed by atoms with van der Waals surface area (Å²) in [5.74, 6) is -0.0725. The van der Waals surface area contributed by atoms with Crippen molar-refractivity contribution in [3.8, 4) is 5.75 Å². The second kappa shape index (κ2) is 7.81. The van der Waals surface area contributed by atoms with E-state index in [1.54, 1.807) is 19.1 Å². The van der Waals surface area contributed by atoms with Crippen LogP contribution in [0.4, 0.5) is 0 Å². The van der Waals surface area contributed by atoms with Crippen LogP contribution in [0.25, 0.3) is 0 Å². The SMILES string of the molecule is COc1ccc(C)cc1S(=O)(=O)NCCS(=O)(=O)NC1CCCC1. The number of hydrogen-bond donors (Lipinski definition) is 2. The van der Waals surface area contributed by atoms with Gasteiger partial charge in [-0.05, 0) is 37.5 Å². The lowest BCUT2D eigenvalue weighted by Gasteiger charge is -2.14. The lowest BCUT2D eigenvalue weighted by atomic mass is 10.2. The van der Waals surface area contributed by atoms with E-state index in [1.807, 2.05) is 0 Å². The van der Waals surface area contributed by atoms with Crippen LogP contribution in [0.1, 0.15) is 31.2 Å². The Labute approximate surface area is 143 Å². The van der Waals surface area contributed by atoms with E-state index < -0.39 is 20.0 Å². The van der Waals surface area contributed by atoms with Crippen LogP contribution in [0.5, 0.6) is 5.75 Å². The van der Waals surface area contributed by atoms with Gasteiger partial charge in [0.2, 0.25) is 20.0 Å². The van der Waals surface area contributed by atoms with Crippen molar-refractivity contribution in [1.29, 1.82) is 0 Å². The molecular weight excluding hydrogens is 352 g/mol. The average Bonchev–Trinajstić information content (AvgIpc) is 2.98.